The van der Waals surface area contributed by atoms with E-state index in [1.54, 1.807) is 12.3 Å². The third kappa shape index (κ3) is 8.15. The molecular formula is C34H44N6O6S2. The number of benzene rings is 1. The van der Waals surface area contributed by atoms with Crippen LogP contribution in [0.1, 0.15) is 80.5 Å². The molecule has 1 fully saturated rings. The van der Waals surface area contributed by atoms with Crippen molar-refractivity contribution in [3.05, 3.63) is 52.0 Å². The second kappa shape index (κ2) is 15.7. The molecule has 3 aliphatic rings. The van der Waals surface area contributed by atoms with Crippen molar-refractivity contribution in [2.75, 3.05) is 12.3 Å². The first-order valence-corrected chi connectivity index (χ1v) is 18.5. The van der Waals surface area contributed by atoms with Crippen molar-refractivity contribution in [1.82, 2.24) is 25.8 Å². The van der Waals surface area contributed by atoms with Crippen LogP contribution in [0, 0.1) is 11.8 Å². The summed E-state index contributed by atoms with van der Waals surface area (Å²) >= 11 is 2.68. The molecule has 0 saturated carbocycles. The van der Waals surface area contributed by atoms with Crippen molar-refractivity contribution in [2.24, 2.45) is 16.8 Å². The second-order valence-electron chi connectivity index (χ2n) is 12.9. The van der Waals surface area contributed by atoms with Gasteiger partial charge in [0, 0.05) is 36.4 Å². The monoisotopic (exact) mass is 696 g/mol. The molecule has 1 aromatic carbocycles. The fourth-order valence-electron chi connectivity index (χ4n) is 6.36. The number of carbonyl (C=O) groups is 5. The van der Waals surface area contributed by atoms with Crippen LogP contribution in [-0.4, -0.2) is 92.0 Å². The van der Waals surface area contributed by atoms with Gasteiger partial charge in [0.05, 0.1) is 17.2 Å². The molecule has 1 saturated heterocycles. The predicted octanol–water partition coefficient (Wildman–Crippen LogP) is 2.67. The van der Waals surface area contributed by atoms with E-state index in [0.717, 1.165) is 12.0 Å². The first kappa shape index (κ1) is 35.7. The van der Waals surface area contributed by atoms with Crippen molar-refractivity contribution < 1.29 is 29.1 Å². The minimum atomic E-state index is -1.19. The topological polar surface area (TPSA) is 170 Å². The number of hydrogen-bond acceptors (Lipinski definition) is 10. The maximum absolute atomic E-state index is 14.1. The summed E-state index contributed by atoms with van der Waals surface area (Å²) < 4.78 is 0. The summed E-state index contributed by atoms with van der Waals surface area (Å²) in [5, 5.41) is 22.1. The Morgan fingerprint density at radius 1 is 1.04 bits per heavy atom. The van der Waals surface area contributed by atoms with Gasteiger partial charge in [-0.2, -0.15) is 0 Å². The predicted molar refractivity (Wildman–Crippen MR) is 185 cm³/mol. The van der Waals surface area contributed by atoms with Crippen LogP contribution >= 0.6 is 23.1 Å². The maximum Gasteiger partial charge on any atom is 0.271 e. The number of rotatable bonds is 5. The quantitative estimate of drug-likeness (QED) is 0.370. The number of thioether (sulfide) groups is 1. The lowest BCUT2D eigenvalue weighted by Gasteiger charge is -2.31. The third-order valence-corrected chi connectivity index (χ3v) is 11.6. The molecule has 2 aromatic rings. The third-order valence-electron chi connectivity index (χ3n) is 9.38. The van der Waals surface area contributed by atoms with E-state index in [1.807, 2.05) is 44.2 Å². The molecule has 48 heavy (non-hydrogen) atoms. The van der Waals surface area contributed by atoms with Gasteiger partial charge in [-0.05, 0) is 38.2 Å². The Morgan fingerprint density at radius 3 is 2.50 bits per heavy atom. The average Bonchev–Trinajstić information content (AvgIpc) is 3.86. The molecular weight excluding hydrogens is 653 g/mol. The number of aliphatic imine (C=N–C) groups is 1. The highest BCUT2D eigenvalue weighted by molar-refractivity contribution is 8.14. The normalized spacial score (nSPS) is 28.8. The number of thiazole rings is 1. The van der Waals surface area contributed by atoms with Gasteiger partial charge >= 0.3 is 0 Å². The smallest absolute Gasteiger partial charge is 0.271 e. The van der Waals surface area contributed by atoms with E-state index in [2.05, 4.69) is 20.9 Å². The number of ketones is 1. The van der Waals surface area contributed by atoms with Crippen molar-refractivity contribution in [3.8, 4) is 0 Å². The zero-order valence-electron chi connectivity index (χ0n) is 27.7. The molecule has 0 spiro atoms. The van der Waals surface area contributed by atoms with Crippen LogP contribution in [-0.2, 0) is 25.6 Å². The van der Waals surface area contributed by atoms with Gasteiger partial charge in [0.15, 0.2) is 5.78 Å². The van der Waals surface area contributed by atoms with E-state index < -0.39 is 54.0 Å². The molecule has 4 amide bonds. The van der Waals surface area contributed by atoms with Crippen LogP contribution in [0.4, 0.5) is 0 Å². The summed E-state index contributed by atoms with van der Waals surface area (Å²) in [6, 6.07) is 5.06. The Labute approximate surface area is 288 Å². The molecule has 14 heteroatoms. The number of nitrogens with zero attached hydrogens (tertiary/aromatic N) is 3. The van der Waals surface area contributed by atoms with E-state index in [1.165, 1.54) is 34.9 Å². The molecule has 1 aromatic heterocycles. The zero-order valence-corrected chi connectivity index (χ0v) is 29.3. The molecule has 0 radical (unpaired) electrons. The van der Waals surface area contributed by atoms with Crippen LogP contribution in [0.25, 0.3) is 0 Å². The van der Waals surface area contributed by atoms with Gasteiger partial charge in [-0.15, -0.1) is 23.1 Å². The largest absolute Gasteiger partial charge is 0.391 e. The van der Waals surface area contributed by atoms with E-state index >= 15 is 0 Å². The molecule has 258 valence electrons. The Balaban J connectivity index is 1.50. The van der Waals surface area contributed by atoms with Gasteiger partial charge in [0.25, 0.3) is 5.91 Å². The van der Waals surface area contributed by atoms with Crippen molar-refractivity contribution in [3.63, 3.8) is 0 Å². The molecule has 7 unspecified atom stereocenters. The van der Waals surface area contributed by atoms with Gasteiger partial charge < -0.3 is 26.0 Å². The van der Waals surface area contributed by atoms with Crippen LogP contribution in [0.2, 0.25) is 0 Å². The summed E-state index contributed by atoms with van der Waals surface area (Å²) in [6.45, 7) is 7.59. The Kier molecular flexibility index (Phi) is 11.7. The number of nitrogens with one attached hydrogen (secondary N) is 3. The van der Waals surface area contributed by atoms with Crippen LogP contribution < -0.4 is 16.0 Å². The lowest BCUT2D eigenvalue weighted by atomic mass is 9.86. The highest BCUT2D eigenvalue weighted by Crippen LogP contribution is 2.33. The van der Waals surface area contributed by atoms with E-state index in [4.69, 9.17) is 4.99 Å². The fraction of sp³-hybridized carbons (Fsp3) is 0.559. The van der Waals surface area contributed by atoms with E-state index in [9.17, 15) is 29.1 Å². The second-order valence-corrected chi connectivity index (χ2v) is 14.8. The Bertz CT molecular complexity index is 1550. The molecule has 8 atom stereocenters. The zero-order chi connectivity index (χ0) is 34.5. The molecule has 4 bridgehead atoms. The molecule has 5 rings (SSSR count). The first-order valence-electron chi connectivity index (χ1n) is 16.6. The van der Waals surface area contributed by atoms with Gasteiger partial charge in [0.1, 0.15) is 34.9 Å². The Hall–Kier alpha value is -3.62. The molecule has 4 heterocycles. The number of aliphatic hydroxyl groups excluding tert-OH is 1. The molecule has 0 aliphatic carbocycles. The molecule has 3 aliphatic heterocycles. The molecule has 12 nitrogen and oxygen atoms in total. The summed E-state index contributed by atoms with van der Waals surface area (Å²) in [7, 11) is 0. The lowest BCUT2D eigenvalue weighted by molar-refractivity contribution is -0.141. The van der Waals surface area contributed by atoms with E-state index in [-0.39, 0.29) is 42.1 Å². The number of fused-ring (bicyclic) bond motifs is 4. The van der Waals surface area contributed by atoms with Crippen LogP contribution in [0.5, 0.6) is 0 Å². The summed E-state index contributed by atoms with van der Waals surface area (Å²) in [5.74, 6) is -1.95. The number of amides is 4. The number of hydrogen-bond donors (Lipinski definition) is 4. The maximum atomic E-state index is 14.1. The number of aromatic nitrogens is 1. The number of aliphatic hydroxyl groups is 1. The summed E-state index contributed by atoms with van der Waals surface area (Å²) in [5.41, 5.74) is 0.943. The minimum absolute atomic E-state index is 0.0296. The van der Waals surface area contributed by atoms with Gasteiger partial charge in [0.2, 0.25) is 17.7 Å². The number of Topliss-reactive ketones (excluding diaryl/α,β-unsaturated/α-hetero) is 1. The van der Waals surface area contributed by atoms with Crippen molar-refractivity contribution in [1.29, 1.82) is 0 Å². The summed E-state index contributed by atoms with van der Waals surface area (Å²) in [4.78, 5) is 79.2. The summed E-state index contributed by atoms with van der Waals surface area (Å²) in [6.07, 6.45) is 0.742. The van der Waals surface area contributed by atoms with Crippen molar-refractivity contribution >= 4 is 57.6 Å². The molecule has 4 N–H and O–H groups in total. The fourth-order valence-corrected chi connectivity index (χ4v) is 8.45. The standard InChI is InChI=1S/C34H44N6O6S2/c1-5-18(2)22-15-27(42)28(20(4)41)39-31(45)26-12-9-13-40(26)34(46)23(14-21-10-7-6-8-11-21)36-30(44)25-16-47-32(37-25)19(3)35-29(43)24-17-48-33(22)38-24/h6-8,10-11,16,18-20,22-24,26,28,41H,5,9,12-15,17H2,1-4H3,(H,35,43)(H,36,44)(H,39,45)/t18?,19?,20?,22-,23?,24?,26?,28?/m1/s1. The van der Waals surface area contributed by atoms with Gasteiger partial charge in [-0.25, -0.2) is 4.98 Å². The van der Waals surface area contributed by atoms with Crippen molar-refractivity contribution in [2.45, 2.75) is 96.1 Å². The SMILES string of the molecule is CCC(C)[C@H]1CC(=O)C(C(C)O)NC(=O)C2CCCN2C(=O)C(Cc2ccccc2)NC(=O)c2csc(n2)C(C)NC(=O)C2CSC1=N2. The first-order chi connectivity index (χ1) is 23.0. The highest BCUT2D eigenvalue weighted by Gasteiger charge is 2.41. The van der Waals surface area contributed by atoms with Crippen LogP contribution in [0.15, 0.2) is 40.7 Å². The Morgan fingerprint density at radius 2 is 1.79 bits per heavy atom. The van der Waals surface area contributed by atoms with Crippen LogP contribution in [0.3, 0.4) is 0 Å². The van der Waals surface area contributed by atoms with Gasteiger partial charge in [-0.3, -0.25) is 29.0 Å². The average molecular weight is 697 g/mol. The highest BCUT2D eigenvalue weighted by atomic mass is 32.2. The minimum Gasteiger partial charge on any atom is -0.391 e. The number of carbonyl (C=O) groups excluding carboxylic acids is 5. The lowest BCUT2D eigenvalue weighted by Crippen LogP contribution is -2.57. The van der Waals surface area contributed by atoms with E-state index in [0.29, 0.717) is 35.2 Å². The van der Waals surface area contributed by atoms with Gasteiger partial charge in [-0.1, -0.05) is 50.6 Å².